The lowest BCUT2D eigenvalue weighted by Gasteiger charge is -2.15. The van der Waals surface area contributed by atoms with Crippen molar-refractivity contribution in [2.45, 2.75) is 139 Å². The van der Waals surface area contributed by atoms with Crippen molar-refractivity contribution in [3.8, 4) is 0 Å². The third-order valence-corrected chi connectivity index (χ3v) is 10.2. The molecule has 0 aliphatic rings. The van der Waals surface area contributed by atoms with Gasteiger partial charge in [0.15, 0.2) is 5.84 Å². The number of rotatable bonds is 19. The molecule has 0 saturated carbocycles. The Labute approximate surface area is 289 Å². The van der Waals surface area contributed by atoms with Gasteiger partial charge in [0, 0.05) is 16.8 Å². The SMILES string of the molecule is C=C(/N=C(\N=C(/C)c1ccc(CCC(CC)CCCC)cc1C)c1ccc(CC)cc1)c1ccc(CCC(CC)CCCC)cc1C. The molecule has 0 spiro atoms. The van der Waals surface area contributed by atoms with Gasteiger partial charge in [0.1, 0.15) is 0 Å². The van der Waals surface area contributed by atoms with E-state index >= 15 is 0 Å². The zero-order chi connectivity index (χ0) is 34.2. The van der Waals surface area contributed by atoms with Gasteiger partial charge in [0.05, 0.1) is 5.70 Å². The first-order valence-electron chi connectivity index (χ1n) is 18.8. The van der Waals surface area contributed by atoms with E-state index in [0.29, 0.717) is 5.84 Å². The average Bonchev–Trinajstić information content (AvgIpc) is 3.08. The van der Waals surface area contributed by atoms with Crippen LogP contribution in [0.3, 0.4) is 0 Å². The van der Waals surface area contributed by atoms with Crippen LogP contribution in [0.4, 0.5) is 0 Å². The quantitative estimate of drug-likeness (QED) is 0.0928. The zero-order valence-corrected chi connectivity index (χ0v) is 31.2. The van der Waals surface area contributed by atoms with Crippen molar-refractivity contribution < 1.29 is 0 Å². The molecule has 0 aliphatic carbocycles. The molecule has 2 atom stereocenters. The highest BCUT2D eigenvalue weighted by Gasteiger charge is 2.13. The first-order chi connectivity index (χ1) is 22.7. The van der Waals surface area contributed by atoms with Crippen molar-refractivity contribution in [3.63, 3.8) is 0 Å². The number of nitrogens with zero attached hydrogens (tertiary/aromatic N) is 2. The van der Waals surface area contributed by atoms with Crippen LogP contribution >= 0.6 is 0 Å². The number of benzene rings is 3. The van der Waals surface area contributed by atoms with Gasteiger partial charge in [-0.2, -0.15) is 0 Å². The molecular weight excluding hydrogens is 569 g/mol. The van der Waals surface area contributed by atoms with Gasteiger partial charge >= 0.3 is 0 Å². The van der Waals surface area contributed by atoms with E-state index in [0.717, 1.165) is 53.6 Å². The monoisotopic (exact) mass is 633 g/mol. The molecule has 2 nitrogen and oxygen atoms in total. The molecule has 0 aromatic heterocycles. The summed E-state index contributed by atoms with van der Waals surface area (Å²) in [6.07, 6.45) is 16.3. The number of hydrogen-bond acceptors (Lipinski definition) is 1. The molecule has 0 amide bonds. The summed E-state index contributed by atoms with van der Waals surface area (Å²) in [7, 11) is 0. The topological polar surface area (TPSA) is 24.7 Å². The number of aryl methyl sites for hydroxylation is 5. The number of unbranched alkanes of at least 4 members (excludes halogenated alkanes) is 2. The minimum atomic E-state index is 0.713. The lowest BCUT2D eigenvalue weighted by molar-refractivity contribution is 0.422. The van der Waals surface area contributed by atoms with Gasteiger partial charge in [-0.25, -0.2) is 9.98 Å². The molecule has 0 saturated heterocycles. The van der Waals surface area contributed by atoms with E-state index in [1.54, 1.807) is 0 Å². The van der Waals surface area contributed by atoms with Crippen LogP contribution in [0.2, 0.25) is 0 Å². The minimum absolute atomic E-state index is 0.713. The van der Waals surface area contributed by atoms with Crippen molar-refractivity contribution in [1.29, 1.82) is 0 Å². The van der Waals surface area contributed by atoms with Gasteiger partial charge in [-0.1, -0.05) is 153 Å². The third-order valence-electron chi connectivity index (χ3n) is 10.2. The van der Waals surface area contributed by atoms with Crippen LogP contribution in [0, 0.1) is 25.7 Å². The first kappa shape index (κ1) is 38.2. The maximum atomic E-state index is 5.19. The Morgan fingerprint density at radius 1 is 0.617 bits per heavy atom. The molecule has 3 aromatic carbocycles. The Morgan fingerprint density at radius 2 is 1.11 bits per heavy atom. The molecule has 2 heteroatoms. The summed E-state index contributed by atoms with van der Waals surface area (Å²) in [5.41, 5.74) is 11.7. The first-order valence-corrected chi connectivity index (χ1v) is 18.8. The lowest BCUT2D eigenvalue weighted by atomic mass is 9.91. The Hall–Kier alpha value is -3.26. The van der Waals surface area contributed by atoms with E-state index < -0.39 is 0 Å². The molecule has 0 N–H and O–H groups in total. The Morgan fingerprint density at radius 3 is 1.55 bits per heavy atom. The van der Waals surface area contributed by atoms with E-state index in [4.69, 9.17) is 9.98 Å². The summed E-state index contributed by atoms with van der Waals surface area (Å²) in [4.78, 5) is 10.3. The van der Waals surface area contributed by atoms with Gasteiger partial charge in [0.25, 0.3) is 0 Å². The van der Waals surface area contributed by atoms with Crippen molar-refractivity contribution in [1.82, 2.24) is 0 Å². The second kappa shape index (κ2) is 20.2. The lowest BCUT2D eigenvalue weighted by Crippen LogP contribution is -2.07. The zero-order valence-electron chi connectivity index (χ0n) is 31.2. The second-order valence-electron chi connectivity index (χ2n) is 13.8. The fourth-order valence-electron chi connectivity index (χ4n) is 6.78. The molecule has 3 rings (SSSR count). The highest BCUT2D eigenvalue weighted by Crippen LogP contribution is 2.25. The van der Waals surface area contributed by atoms with Crippen LogP contribution < -0.4 is 0 Å². The van der Waals surface area contributed by atoms with E-state index in [1.807, 2.05) is 0 Å². The van der Waals surface area contributed by atoms with Crippen LogP contribution in [0.1, 0.15) is 150 Å². The second-order valence-corrected chi connectivity index (χ2v) is 13.8. The third kappa shape index (κ3) is 12.0. The summed E-state index contributed by atoms with van der Waals surface area (Å²) < 4.78 is 0. The number of amidine groups is 1. The molecule has 3 aromatic rings. The number of aliphatic imine (C=N–C) groups is 2. The molecule has 2 unspecified atom stereocenters. The van der Waals surface area contributed by atoms with E-state index in [-0.39, 0.29) is 0 Å². The maximum absolute atomic E-state index is 5.19. The summed E-state index contributed by atoms with van der Waals surface area (Å²) in [5.74, 6) is 2.36. The highest BCUT2D eigenvalue weighted by molar-refractivity contribution is 6.13. The van der Waals surface area contributed by atoms with Crippen LogP contribution in [0.15, 0.2) is 77.2 Å². The van der Waals surface area contributed by atoms with Gasteiger partial charge in [-0.15, -0.1) is 0 Å². The largest absolute Gasteiger partial charge is 0.233 e. The van der Waals surface area contributed by atoms with Gasteiger partial charge in [-0.05, 0) is 98.1 Å². The van der Waals surface area contributed by atoms with Gasteiger partial charge < -0.3 is 0 Å². The molecule has 47 heavy (non-hydrogen) atoms. The van der Waals surface area contributed by atoms with Crippen LogP contribution in [0.5, 0.6) is 0 Å². The maximum Gasteiger partial charge on any atom is 0.160 e. The smallest absolute Gasteiger partial charge is 0.160 e. The highest BCUT2D eigenvalue weighted by atomic mass is 14.9. The average molecular weight is 633 g/mol. The summed E-state index contributed by atoms with van der Waals surface area (Å²) in [6.45, 7) is 22.4. The molecule has 0 heterocycles. The van der Waals surface area contributed by atoms with Crippen LogP contribution in [-0.2, 0) is 19.3 Å². The molecule has 0 radical (unpaired) electrons. The predicted molar refractivity (Wildman–Crippen MR) is 209 cm³/mol. The van der Waals surface area contributed by atoms with E-state index in [1.165, 1.54) is 97.6 Å². The van der Waals surface area contributed by atoms with Crippen molar-refractivity contribution in [2.24, 2.45) is 21.8 Å². The number of hydrogen-bond donors (Lipinski definition) is 0. The van der Waals surface area contributed by atoms with Crippen LogP contribution in [0.25, 0.3) is 5.70 Å². The van der Waals surface area contributed by atoms with Gasteiger partial charge in [0.2, 0.25) is 0 Å². The fraction of sp³-hybridized carbons (Fsp3) is 0.511. The fourth-order valence-corrected chi connectivity index (χ4v) is 6.78. The van der Waals surface area contributed by atoms with Gasteiger partial charge in [-0.3, -0.25) is 0 Å². The standard InChI is InChI=1S/C45H64N2/c1-10-15-17-37(12-3)19-21-40-25-29-43(33(6)31-40)35(8)46-45(42-27-23-39(14-5)24-28-42)47-36(9)44-30-26-41(32-34(44)7)22-20-38(13-4)18-16-11-2/h23-32,37-38H,8,10-22H2,1-7,9H3/b46-45-,47-36+. The molecule has 0 bridgehead atoms. The predicted octanol–water partition coefficient (Wildman–Crippen LogP) is 13.1. The Kier molecular flexibility index (Phi) is 16.4. The van der Waals surface area contributed by atoms with Crippen molar-refractivity contribution in [3.05, 3.63) is 112 Å². The summed E-state index contributed by atoms with van der Waals surface area (Å²) in [6, 6.07) is 22.4. The van der Waals surface area contributed by atoms with Crippen molar-refractivity contribution in [2.75, 3.05) is 0 Å². The molecule has 0 aliphatic heterocycles. The van der Waals surface area contributed by atoms with Crippen LogP contribution in [-0.4, -0.2) is 11.5 Å². The van der Waals surface area contributed by atoms with E-state index in [2.05, 4.69) is 123 Å². The summed E-state index contributed by atoms with van der Waals surface area (Å²) in [5, 5.41) is 0. The summed E-state index contributed by atoms with van der Waals surface area (Å²) >= 11 is 0. The normalized spacial score (nSPS) is 13.5. The Bertz CT molecular complexity index is 1460. The minimum Gasteiger partial charge on any atom is -0.233 e. The Balaban J connectivity index is 1.86. The van der Waals surface area contributed by atoms with Crippen molar-refractivity contribution >= 4 is 17.2 Å². The van der Waals surface area contributed by atoms with E-state index in [9.17, 15) is 0 Å². The molecule has 254 valence electrons. The molecule has 0 fully saturated rings. The molecular formula is C45H64N2.